The topological polar surface area (TPSA) is 45.2 Å². The summed E-state index contributed by atoms with van der Waals surface area (Å²) in [6.07, 6.45) is 1.69. The average Bonchev–Trinajstić information content (AvgIpc) is 2.69. The summed E-state index contributed by atoms with van der Waals surface area (Å²) in [7, 11) is 24.4. The van der Waals surface area contributed by atoms with Crippen molar-refractivity contribution in [3.8, 4) is 0 Å². The Kier molecular flexibility index (Phi) is 6.64. The summed E-state index contributed by atoms with van der Waals surface area (Å²) in [6.45, 7) is 1.07. The van der Waals surface area contributed by atoms with Gasteiger partial charge in [0.2, 0.25) is 0 Å². The summed E-state index contributed by atoms with van der Waals surface area (Å²) < 4.78 is 29.5. The first-order chi connectivity index (χ1) is 14.4. The normalized spacial score (nSPS) is 19.2. The number of pyridine rings is 1. The number of amides is 1. The molecule has 0 atom stereocenters. The molecule has 0 unspecified atom stereocenters. The fourth-order valence-electron chi connectivity index (χ4n) is 3.62. The van der Waals surface area contributed by atoms with Crippen LogP contribution in [0.15, 0.2) is 36.5 Å². The molecule has 1 aliphatic heterocycles. The molecule has 1 aromatic heterocycles. The van der Waals surface area contributed by atoms with Gasteiger partial charge in [-0.25, -0.2) is 8.78 Å². The number of piperidine rings is 1. The number of nitrogens with one attached hydrogen (secondary N) is 1. The zero-order valence-electron chi connectivity index (χ0n) is 17.0. The molecule has 0 saturated carbocycles. The lowest BCUT2D eigenvalue weighted by Crippen LogP contribution is -2.67. The van der Waals surface area contributed by atoms with Gasteiger partial charge in [-0.1, -0.05) is 17.7 Å². The number of hydrogen-bond acceptors (Lipinski definition) is 3. The molecule has 3 rings (SSSR count). The molecule has 1 fully saturated rings. The van der Waals surface area contributed by atoms with Gasteiger partial charge in [-0.3, -0.25) is 9.78 Å². The largest absolute Gasteiger partial charge is 0.340 e. The van der Waals surface area contributed by atoms with Crippen LogP contribution < -0.4 is 5.32 Å². The van der Waals surface area contributed by atoms with E-state index in [2.05, 4.69) is 10.3 Å². The lowest BCUT2D eigenvalue weighted by Gasteiger charge is -2.59. The molecule has 31 heavy (non-hydrogen) atoms. The van der Waals surface area contributed by atoms with Crippen LogP contribution in [0.3, 0.4) is 0 Å². The van der Waals surface area contributed by atoms with Crippen LogP contribution in [0, 0.1) is 12.7 Å². The third kappa shape index (κ3) is 4.70. The van der Waals surface area contributed by atoms with Crippen LogP contribution in [0.5, 0.6) is 0 Å². The van der Waals surface area contributed by atoms with Gasteiger partial charge in [0.15, 0.2) is 0 Å². The molecule has 11 heteroatoms. The quantitative estimate of drug-likeness (QED) is 0.735. The fraction of sp³-hybridized carbons (Fsp3) is 0.400. The van der Waals surface area contributed by atoms with Crippen molar-refractivity contribution in [1.29, 1.82) is 0 Å². The van der Waals surface area contributed by atoms with Gasteiger partial charge in [0.25, 0.3) is 5.91 Å². The Hall–Kier alpha value is -1.79. The van der Waals surface area contributed by atoms with Crippen molar-refractivity contribution < 1.29 is 13.6 Å². The van der Waals surface area contributed by atoms with Crippen molar-refractivity contribution in [2.45, 2.75) is 29.6 Å². The van der Waals surface area contributed by atoms with Gasteiger partial charge in [0, 0.05) is 37.9 Å². The SMILES string of the molecule is [B]C1([B])CN(C(=O)c2ccc(F)c(Cl)c2)CC([B])([B])C1(F)CNCc1ccc(C)cn1. The standard InChI is InChI=1S/C20H18B4ClF2N3O/c1-12-2-4-14(29-7-12)8-28-9-18(27)19(21,22)10-30(11-20(18,23)24)17(31)13-3-5-16(26)15(25)6-13/h2-7,28H,8-11H2,1H3. The summed E-state index contributed by atoms with van der Waals surface area (Å²) in [5.41, 5.74) is -0.694. The fourth-order valence-corrected chi connectivity index (χ4v) is 3.80. The number of nitrogens with zero attached hydrogens (tertiary/aromatic N) is 2. The minimum absolute atomic E-state index is 0.0768. The van der Waals surface area contributed by atoms with E-state index in [1.54, 1.807) is 12.3 Å². The molecule has 152 valence electrons. The number of halogens is 3. The van der Waals surface area contributed by atoms with Crippen LogP contribution in [-0.2, 0) is 6.54 Å². The third-order valence-corrected chi connectivity index (χ3v) is 5.77. The molecule has 4 nitrogen and oxygen atoms in total. The number of hydrogen-bond donors (Lipinski definition) is 1. The monoisotopic (exact) mass is 433 g/mol. The second kappa shape index (κ2) is 8.62. The van der Waals surface area contributed by atoms with Gasteiger partial charge in [0.1, 0.15) is 11.5 Å². The van der Waals surface area contributed by atoms with E-state index in [1.807, 2.05) is 13.0 Å². The first-order valence-electron chi connectivity index (χ1n) is 9.57. The van der Waals surface area contributed by atoms with Crippen molar-refractivity contribution in [3.05, 3.63) is 64.2 Å². The summed E-state index contributed by atoms with van der Waals surface area (Å²) in [5.74, 6) is -1.27. The number of benzene rings is 1. The lowest BCUT2D eigenvalue weighted by atomic mass is 9.32. The third-order valence-electron chi connectivity index (χ3n) is 5.48. The van der Waals surface area contributed by atoms with E-state index < -0.39 is 27.8 Å². The zero-order valence-corrected chi connectivity index (χ0v) is 17.8. The van der Waals surface area contributed by atoms with Crippen molar-refractivity contribution in [1.82, 2.24) is 15.2 Å². The van der Waals surface area contributed by atoms with Crippen LogP contribution in [0.1, 0.15) is 21.6 Å². The predicted molar refractivity (Wildman–Crippen MR) is 120 cm³/mol. The zero-order chi connectivity index (χ0) is 23.0. The Morgan fingerprint density at radius 2 is 1.84 bits per heavy atom. The molecule has 1 amide bonds. The van der Waals surface area contributed by atoms with Crippen molar-refractivity contribution in [2.75, 3.05) is 19.6 Å². The summed E-state index contributed by atoms with van der Waals surface area (Å²) in [4.78, 5) is 18.2. The molecule has 1 saturated heterocycles. The lowest BCUT2D eigenvalue weighted by molar-refractivity contribution is 0.0245. The Morgan fingerprint density at radius 1 is 1.19 bits per heavy atom. The first-order valence-corrected chi connectivity index (χ1v) is 9.95. The summed E-state index contributed by atoms with van der Waals surface area (Å²) >= 11 is 5.75. The van der Waals surface area contributed by atoms with E-state index in [1.165, 1.54) is 6.07 Å². The van der Waals surface area contributed by atoms with Gasteiger partial charge in [-0.2, -0.15) is 0 Å². The molecule has 0 spiro atoms. The van der Waals surface area contributed by atoms with Crippen LogP contribution in [0.4, 0.5) is 8.78 Å². The van der Waals surface area contributed by atoms with Crippen molar-refractivity contribution >= 4 is 48.9 Å². The van der Waals surface area contributed by atoms with Gasteiger partial charge in [-0.05, 0) is 47.2 Å². The maximum absolute atomic E-state index is 16.1. The van der Waals surface area contributed by atoms with Crippen LogP contribution >= 0.6 is 11.6 Å². The smallest absolute Gasteiger partial charge is 0.253 e. The van der Waals surface area contributed by atoms with E-state index in [0.717, 1.165) is 22.6 Å². The average molecular weight is 433 g/mol. The van der Waals surface area contributed by atoms with Crippen LogP contribution in [0.25, 0.3) is 0 Å². The summed E-state index contributed by atoms with van der Waals surface area (Å²) in [5, 5.41) is -1.45. The number of rotatable bonds is 5. The van der Waals surface area contributed by atoms with E-state index in [9.17, 15) is 9.18 Å². The van der Waals surface area contributed by atoms with Crippen LogP contribution in [0.2, 0.25) is 15.5 Å². The van der Waals surface area contributed by atoms with Crippen molar-refractivity contribution in [2.24, 2.45) is 0 Å². The van der Waals surface area contributed by atoms with Gasteiger partial charge >= 0.3 is 0 Å². The molecule has 1 aromatic carbocycles. The van der Waals surface area contributed by atoms with Crippen LogP contribution in [-0.4, -0.2) is 72.5 Å². The first kappa shape index (κ1) is 23.9. The Labute approximate surface area is 191 Å². The number of likely N-dealkylation sites (tertiary alicyclic amines) is 1. The van der Waals surface area contributed by atoms with Gasteiger partial charge in [-0.15, -0.1) is 0 Å². The Balaban J connectivity index is 1.75. The van der Waals surface area contributed by atoms with E-state index in [-0.39, 0.29) is 36.8 Å². The van der Waals surface area contributed by atoms with Gasteiger partial charge < -0.3 is 10.2 Å². The number of carbonyl (C=O) groups excluding carboxylic acids is 1. The molecule has 1 aliphatic rings. The maximum Gasteiger partial charge on any atom is 0.253 e. The molecule has 1 N–H and O–H groups in total. The molecule has 2 heterocycles. The predicted octanol–water partition coefficient (Wildman–Crippen LogP) is 2.04. The minimum Gasteiger partial charge on any atom is -0.340 e. The second-order valence-electron chi connectivity index (χ2n) is 8.10. The summed E-state index contributed by atoms with van der Waals surface area (Å²) in [6, 6.07) is 7.15. The molecule has 2 aromatic rings. The Morgan fingerprint density at radius 3 is 2.39 bits per heavy atom. The Bertz CT molecular complexity index is 957. The maximum atomic E-state index is 16.1. The highest BCUT2D eigenvalue weighted by molar-refractivity contribution is 6.47. The number of aryl methyl sites for hydroxylation is 1. The van der Waals surface area contributed by atoms with E-state index >= 15 is 4.39 Å². The molecule has 0 bridgehead atoms. The van der Waals surface area contributed by atoms with E-state index in [4.69, 9.17) is 43.0 Å². The highest BCUT2D eigenvalue weighted by atomic mass is 35.5. The highest BCUT2D eigenvalue weighted by Crippen LogP contribution is 2.54. The molecule has 8 radical (unpaired) electrons. The number of aromatic nitrogens is 1. The highest BCUT2D eigenvalue weighted by Gasteiger charge is 2.58. The number of carbonyl (C=O) groups is 1. The number of alkyl halides is 1. The molecular formula is C20H18B4ClF2N3O. The van der Waals surface area contributed by atoms with E-state index in [0.29, 0.717) is 5.69 Å². The second-order valence-corrected chi connectivity index (χ2v) is 8.51. The molecular weight excluding hydrogens is 415 g/mol. The minimum atomic E-state index is -2.46. The molecule has 0 aliphatic carbocycles. The van der Waals surface area contributed by atoms with Gasteiger partial charge in [0.05, 0.1) is 42.1 Å². The van der Waals surface area contributed by atoms with Crippen molar-refractivity contribution in [3.63, 3.8) is 0 Å².